The molecular weight excluding hydrogens is 254 g/mol. The van der Waals surface area contributed by atoms with Gasteiger partial charge in [-0.2, -0.15) is 5.26 Å². The first kappa shape index (κ1) is 14.2. The molecule has 0 saturated carbocycles. The zero-order chi connectivity index (χ0) is 14.5. The number of nitrogens with two attached hydrogens (primary N) is 1. The second-order valence-corrected chi connectivity index (χ2v) is 4.99. The van der Waals surface area contributed by atoms with Crippen molar-refractivity contribution >= 4 is 11.6 Å². The van der Waals surface area contributed by atoms with Crippen LogP contribution in [0.2, 0.25) is 0 Å². The van der Waals surface area contributed by atoms with Crippen molar-refractivity contribution in [3.05, 3.63) is 23.8 Å². The summed E-state index contributed by atoms with van der Waals surface area (Å²) in [6.45, 7) is 3.91. The van der Waals surface area contributed by atoms with Crippen molar-refractivity contribution in [2.24, 2.45) is 5.92 Å². The van der Waals surface area contributed by atoms with E-state index < -0.39 is 0 Å². The van der Waals surface area contributed by atoms with Crippen molar-refractivity contribution in [3.8, 4) is 11.8 Å². The highest BCUT2D eigenvalue weighted by Gasteiger charge is 2.25. The van der Waals surface area contributed by atoms with Crippen LogP contribution in [0.5, 0.6) is 5.75 Å². The molecule has 0 bridgehead atoms. The molecule has 1 aliphatic heterocycles. The zero-order valence-electron chi connectivity index (χ0n) is 11.6. The van der Waals surface area contributed by atoms with E-state index in [-0.39, 0.29) is 5.91 Å². The quantitative estimate of drug-likeness (QED) is 0.848. The zero-order valence-corrected chi connectivity index (χ0v) is 11.6. The van der Waals surface area contributed by atoms with Gasteiger partial charge in [-0.25, -0.2) is 0 Å². The van der Waals surface area contributed by atoms with Gasteiger partial charge in [0.2, 0.25) is 5.91 Å². The average molecular weight is 273 g/mol. The molecule has 1 aliphatic rings. The lowest BCUT2D eigenvalue weighted by atomic mass is 10.1. The Bertz CT molecular complexity index is 536. The largest absolute Gasteiger partial charge is 0.492 e. The molecule has 0 aromatic heterocycles. The number of nitriles is 1. The third-order valence-electron chi connectivity index (χ3n) is 3.59. The van der Waals surface area contributed by atoms with Crippen LogP contribution >= 0.6 is 0 Å². The first-order valence-electron chi connectivity index (χ1n) is 6.84. The predicted octanol–water partition coefficient (Wildman–Crippen LogP) is 1.78. The van der Waals surface area contributed by atoms with E-state index in [4.69, 9.17) is 15.7 Å². The lowest BCUT2D eigenvalue weighted by molar-refractivity contribution is -0.129. The van der Waals surface area contributed by atoms with Crippen LogP contribution in [0.25, 0.3) is 0 Å². The molecule has 1 aromatic carbocycles. The number of hydrogen-bond donors (Lipinski definition) is 1. The standard InChI is InChI=1S/C15H19N3O2/c1-2-15(19)18-7-6-11(9-18)10-20-14-5-3-4-13(17)12(14)8-16/h3-5,11H,2,6-7,9-10,17H2,1H3. The number of benzene rings is 1. The Morgan fingerprint density at radius 2 is 2.40 bits per heavy atom. The summed E-state index contributed by atoms with van der Waals surface area (Å²) in [5.41, 5.74) is 6.55. The number of amides is 1. The molecule has 2 rings (SSSR count). The summed E-state index contributed by atoms with van der Waals surface area (Å²) in [7, 11) is 0. The number of anilines is 1. The fraction of sp³-hybridized carbons (Fsp3) is 0.467. The normalized spacial score (nSPS) is 17.8. The van der Waals surface area contributed by atoms with Crippen LogP contribution in [0.15, 0.2) is 18.2 Å². The average Bonchev–Trinajstić information content (AvgIpc) is 2.93. The minimum atomic E-state index is 0.189. The molecule has 0 radical (unpaired) electrons. The summed E-state index contributed by atoms with van der Waals surface area (Å²) in [4.78, 5) is 13.5. The number of nitrogen functional groups attached to an aromatic ring is 1. The van der Waals surface area contributed by atoms with Crippen LogP contribution in [0, 0.1) is 17.2 Å². The summed E-state index contributed by atoms with van der Waals surface area (Å²) in [5.74, 6) is 1.03. The predicted molar refractivity (Wildman–Crippen MR) is 76.0 cm³/mol. The monoisotopic (exact) mass is 273 g/mol. The number of carbonyl (C=O) groups is 1. The number of rotatable bonds is 4. The minimum absolute atomic E-state index is 0.189. The molecule has 5 nitrogen and oxygen atoms in total. The Kier molecular flexibility index (Phi) is 4.46. The van der Waals surface area contributed by atoms with Crippen molar-refractivity contribution in [1.82, 2.24) is 4.90 Å². The van der Waals surface area contributed by atoms with Crippen LogP contribution in [0.1, 0.15) is 25.3 Å². The Labute approximate surface area is 118 Å². The molecule has 1 amide bonds. The topological polar surface area (TPSA) is 79.3 Å². The third kappa shape index (κ3) is 3.02. The molecule has 0 spiro atoms. The van der Waals surface area contributed by atoms with Crippen LogP contribution in [0.4, 0.5) is 5.69 Å². The van der Waals surface area contributed by atoms with Crippen molar-refractivity contribution in [3.63, 3.8) is 0 Å². The lowest BCUT2D eigenvalue weighted by Gasteiger charge is -2.16. The van der Waals surface area contributed by atoms with Crippen molar-refractivity contribution < 1.29 is 9.53 Å². The van der Waals surface area contributed by atoms with Gasteiger partial charge in [-0.15, -0.1) is 0 Å². The molecule has 1 unspecified atom stereocenters. The Balaban J connectivity index is 1.93. The number of hydrogen-bond acceptors (Lipinski definition) is 4. The fourth-order valence-electron chi connectivity index (χ4n) is 2.41. The van der Waals surface area contributed by atoms with E-state index in [1.165, 1.54) is 0 Å². The maximum Gasteiger partial charge on any atom is 0.222 e. The maximum atomic E-state index is 11.6. The maximum absolute atomic E-state index is 11.6. The van der Waals surface area contributed by atoms with E-state index in [2.05, 4.69) is 6.07 Å². The summed E-state index contributed by atoms with van der Waals surface area (Å²) in [5, 5.41) is 9.08. The van der Waals surface area contributed by atoms with E-state index in [0.717, 1.165) is 19.5 Å². The van der Waals surface area contributed by atoms with Gasteiger partial charge >= 0.3 is 0 Å². The number of ether oxygens (including phenoxy) is 1. The first-order valence-corrected chi connectivity index (χ1v) is 6.84. The molecular formula is C15H19N3O2. The van der Waals surface area contributed by atoms with Gasteiger partial charge in [-0.3, -0.25) is 4.79 Å². The van der Waals surface area contributed by atoms with Crippen LogP contribution in [0.3, 0.4) is 0 Å². The smallest absolute Gasteiger partial charge is 0.222 e. The van der Waals surface area contributed by atoms with Gasteiger partial charge in [-0.05, 0) is 18.6 Å². The van der Waals surface area contributed by atoms with Gasteiger partial charge in [0, 0.05) is 25.4 Å². The summed E-state index contributed by atoms with van der Waals surface area (Å²) < 4.78 is 5.71. The van der Waals surface area contributed by atoms with E-state index >= 15 is 0 Å². The minimum Gasteiger partial charge on any atom is -0.492 e. The molecule has 5 heteroatoms. The second-order valence-electron chi connectivity index (χ2n) is 4.99. The van der Waals surface area contributed by atoms with E-state index in [0.29, 0.717) is 35.9 Å². The van der Waals surface area contributed by atoms with Gasteiger partial charge in [0.05, 0.1) is 12.3 Å². The van der Waals surface area contributed by atoms with Crippen LogP contribution in [-0.4, -0.2) is 30.5 Å². The summed E-state index contributed by atoms with van der Waals surface area (Å²) >= 11 is 0. The van der Waals surface area contributed by atoms with E-state index in [1.54, 1.807) is 18.2 Å². The molecule has 1 fully saturated rings. The summed E-state index contributed by atoms with van der Waals surface area (Å²) in [6, 6.07) is 7.26. The number of carbonyl (C=O) groups excluding carboxylic acids is 1. The number of likely N-dealkylation sites (tertiary alicyclic amines) is 1. The Morgan fingerprint density at radius 1 is 1.60 bits per heavy atom. The van der Waals surface area contributed by atoms with E-state index in [1.807, 2.05) is 11.8 Å². The molecule has 106 valence electrons. The molecule has 1 heterocycles. The molecule has 1 saturated heterocycles. The number of nitrogens with zero attached hydrogens (tertiary/aromatic N) is 2. The van der Waals surface area contributed by atoms with Crippen LogP contribution < -0.4 is 10.5 Å². The molecule has 20 heavy (non-hydrogen) atoms. The molecule has 1 aromatic rings. The molecule has 1 atom stereocenters. The van der Waals surface area contributed by atoms with Crippen LogP contribution in [-0.2, 0) is 4.79 Å². The van der Waals surface area contributed by atoms with Gasteiger partial charge in [0.15, 0.2) is 0 Å². The van der Waals surface area contributed by atoms with Gasteiger partial charge in [-0.1, -0.05) is 13.0 Å². The van der Waals surface area contributed by atoms with Crippen molar-refractivity contribution in [2.75, 3.05) is 25.4 Å². The third-order valence-corrected chi connectivity index (χ3v) is 3.59. The Morgan fingerprint density at radius 3 is 3.10 bits per heavy atom. The lowest BCUT2D eigenvalue weighted by Crippen LogP contribution is -2.28. The molecule has 2 N–H and O–H groups in total. The van der Waals surface area contributed by atoms with Crippen molar-refractivity contribution in [1.29, 1.82) is 5.26 Å². The molecule has 0 aliphatic carbocycles. The Hall–Kier alpha value is -2.22. The van der Waals surface area contributed by atoms with Gasteiger partial charge in [0.1, 0.15) is 17.4 Å². The highest BCUT2D eigenvalue weighted by atomic mass is 16.5. The van der Waals surface area contributed by atoms with Gasteiger partial charge < -0.3 is 15.4 Å². The summed E-state index contributed by atoms with van der Waals surface area (Å²) in [6.07, 6.45) is 1.48. The highest BCUT2D eigenvalue weighted by molar-refractivity contribution is 5.76. The fourth-order valence-corrected chi connectivity index (χ4v) is 2.41. The first-order chi connectivity index (χ1) is 9.65. The van der Waals surface area contributed by atoms with Crippen molar-refractivity contribution in [2.45, 2.75) is 19.8 Å². The SMILES string of the molecule is CCC(=O)N1CCC(COc2cccc(N)c2C#N)C1. The van der Waals surface area contributed by atoms with E-state index in [9.17, 15) is 4.79 Å². The second kappa shape index (κ2) is 6.29. The van der Waals surface area contributed by atoms with Gasteiger partial charge in [0.25, 0.3) is 0 Å². The highest BCUT2D eigenvalue weighted by Crippen LogP contribution is 2.25.